The summed E-state index contributed by atoms with van der Waals surface area (Å²) in [4.78, 5) is 14.5. The molecular weight excluding hydrogens is 310 g/mol. The van der Waals surface area contributed by atoms with Crippen molar-refractivity contribution in [2.24, 2.45) is 0 Å². The summed E-state index contributed by atoms with van der Waals surface area (Å²) in [5.41, 5.74) is 1.97. The second-order valence-electron chi connectivity index (χ2n) is 7.02. The molecule has 1 saturated heterocycles. The van der Waals surface area contributed by atoms with Gasteiger partial charge in [-0.25, -0.2) is 0 Å². The molecule has 3 nitrogen and oxygen atoms in total. The van der Waals surface area contributed by atoms with Gasteiger partial charge in [-0.05, 0) is 37.3 Å². The number of esters is 1. The molecule has 0 bridgehead atoms. The maximum Gasteiger partial charge on any atom is 0.318 e. The van der Waals surface area contributed by atoms with Crippen molar-refractivity contribution < 1.29 is 14.4 Å². The van der Waals surface area contributed by atoms with Crippen molar-refractivity contribution in [3.05, 3.63) is 71.8 Å². The third-order valence-electron chi connectivity index (χ3n) is 4.96. The third kappa shape index (κ3) is 4.93. The third-order valence-corrected chi connectivity index (χ3v) is 4.96. The number of carbonyl (C=O) groups excluding carboxylic acids is 1. The van der Waals surface area contributed by atoms with Crippen LogP contribution in [0, 0.1) is 0 Å². The minimum Gasteiger partial charge on any atom is -0.456 e. The van der Waals surface area contributed by atoms with Crippen LogP contribution in [0.25, 0.3) is 0 Å². The Bertz CT molecular complexity index is 611. The first kappa shape index (κ1) is 17.7. The van der Waals surface area contributed by atoms with Crippen molar-refractivity contribution in [3.63, 3.8) is 0 Å². The van der Waals surface area contributed by atoms with Gasteiger partial charge in [-0.3, -0.25) is 4.79 Å². The summed E-state index contributed by atoms with van der Waals surface area (Å²) in [6, 6.07) is 19.8. The number of carbonyl (C=O) groups is 1. The predicted molar refractivity (Wildman–Crippen MR) is 99.7 cm³/mol. The Morgan fingerprint density at radius 2 is 1.44 bits per heavy atom. The standard InChI is InChI=1S/C22H27NO2/c1-18(17-23-15-9-4-10-16-23)25-22(24)21(19-11-5-2-6-12-19)20-13-7-3-8-14-20/h2-3,5-8,11-14,18,21H,4,9-10,15-17H2,1H3/p+1/t18-/m1/s1. The van der Waals surface area contributed by atoms with Gasteiger partial charge in [0, 0.05) is 0 Å². The molecule has 2 aromatic carbocycles. The first-order valence-corrected chi connectivity index (χ1v) is 9.38. The van der Waals surface area contributed by atoms with Gasteiger partial charge in [-0.15, -0.1) is 0 Å². The lowest BCUT2D eigenvalue weighted by Gasteiger charge is -2.27. The summed E-state index contributed by atoms with van der Waals surface area (Å²) in [5.74, 6) is -0.512. The number of likely N-dealkylation sites (tertiary alicyclic amines) is 1. The maximum atomic E-state index is 13.0. The second-order valence-corrected chi connectivity index (χ2v) is 7.02. The number of ether oxygens (including phenoxy) is 1. The van der Waals surface area contributed by atoms with Crippen LogP contribution in [0.4, 0.5) is 0 Å². The van der Waals surface area contributed by atoms with Gasteiger partial charge >= 0.3 is 5.97 Å². The average Bonchev–Trinajstić information content (AvgIpc) is 2.64. The van der Waals surface area contributed by atoms with E-state index in [0.29, 0.717) is 0 Å². The van der Waals surface area contributed by atoms with E-state index in [-0.39, 0.29) is 18.0 Å². The van der Waals surface area contributed by atoms with E-state index < -0.39 is 0 Å². The van der Waals surface area contributed by atoms with E-state index in [2.05, 4.69) is 0 Å². The molecule has 3 heteroatoms. The molecule has 0 radical (unpaired) electrons. The van der Waals surface area contributed by atoms with Crippen LogP contribution in [0.15, 0.2) is 60.7 Å². The minimum absolute atomic E-state index is 0.0597. The van der Waals surface area contributed by atoms with Crippen molar-refractivity contribution in [1.82, 2.24) is 0 Å². The van der Waals surface area contributed by atoms with Crippen molar-refractivity contribution >= 4 is 5.97 Å². The van der Waals surface area contributed by atoms with Crippen molar-refractivity contribution in [2.75, 3.05) is 19.6 Å². The fourth-order valence-corrected chi connectivity index (χ4v) is 3.73. The lowest BCUT2D eigenvalue weighted by atomic mass is 9.91. The van der Waals surface area contributed by atoms with Crippen LogP contribution in [0.2, 0.25) is 0 Å². The highest BCUT2D eigenvalue weighted by Gasteiger charge is 2.27. The molecule has 0 aliphatic carbocycles. The molecule has 132 valence electrons. The Morgan fingerprint density at radius 1 is 0.920 bits per heavy atom. The number of hydrogen-bond acceptors (Lipinski definition) is 2. The van der Waals surface area contributed by atoms with Crippen LogP contribution in [0.5, 0.6) is 0 Å². The normalized spacial score (nSPS) is 16.6. The van der Waals surface area contributed by atoms with E-state index in [1.165, 1.54) is 32.4 Å². The second kappa shape index (κ2) is 8.82. The molecule has 0 saturated carbocycles. The topological polar surface area (TPSA) is 30.7 Å². The van der Waals surface area contributed by atoms with Gasteiger partial charge in [0.15, 0.2) is 0 Å². The van der Waals surface area contributed by atoms with E-state index >= 15 is 0 Å². The molecule has 1 N–H and O–H groups in total. The Hall–Kier alpha value is -2.13. The van der Waals surface area contributed by atoms with Crippen molar-refractivity contribution in [3.8, 4) is 0 Å². The average molecular weight is 338 g/mol. The van der Waals surface area contributed by atoms with Crippen LogP contribution < -0.4 is 4.90 Å². The Labute approximate surface area is 150 Å². The number of benzene rings is 2. The van der Waals surface area contributed by atoms with Gasteiger partial charge in [-0.1, -0.05) is 60.7 Å². The summed E-state index contributed by atoms with van der Waals surface area (Å²) >= 11 is 0. The Morgan fingerprint density at radius 3 is 1.96 bits per heavy atom. The molecule has 2 aromatic rings. The molecule has 1 atom stereocenters. The smallest absolute Gasteiger partial charge is 0.318 e. The van der Waals surface area contributed by atoms with Crippen molar-refractivity contribution in [1.29, 1.82) is 0 Å². The Kier molecular flexibility index (Phi) is 6.24. The predicted octanol–water partition coefficient (Wildman–Crippen LogP) is 2.82. The zero-order chi connectivity index (χ0) is 17.5. The molecule has 1 fully saturated rings. The molecule has 1 aliphatic rings. The lowest BCUT2D eigenvalue weighted by molar-refractivity contribution is -0.907. The molecule has 3 rings (SSSR count). The zero-order valence-electron chi connectivity index (χ0n) is 15.0. The summed E-state index contributed by atoms with van der Waals surface area (Å²) in [6.07, 6.45) is 3.84. The number of quaternary nitrogens is 1. The van der Waals surface area contributed by atoms with E-state index in [4.69, 9.17) is 4.74 Å². The number of piperidine rings is 1. The fraction of sp³-hybridized carbons (Fsp3) is 0.409. The van der Waals surface area contributed by atoms with Crippen molar-refractivity contribution in [2.45, 2.75) is 38.2 Å². The van der Waals surface area contributed by atoms with Crippen LogP contribution >= 0.6 is 0 Å². The van der Waals surface area contributed by atoms with Crippen LogP contribution in [0.1, 0.15) is 43.2 Å². The highest BCUT2D eigenvalue weighted by atomic mass is 16.5. The van der Waals surface area contributed by atoms with E-state index in [1.807, 2.05) is 67.6 Å². The molecular formula is C22H28NO2+. The summed E-state index contributed by atoms with van der Waals surface area (Å²) < 4.78 is 5.86. The molecule has 25 heavy (non-hydrogen) atoms. The minimum atomic E-state index is -0.360. The van der Waals surface area contributed by atoms with Crippen LogP contribution in [-0.4, -0.2) is 31.7 Å². The molecule has 0 spiro atoms. The molecule has 1 aliphatic heterocycles. The largest absolute Gasteiger partial charge is 0.456 e. The van der Waals surface area contributed by atoms with Gasteiger partial charge in [0.2, 0.25) is 0 Å². The quantitative estimate of drug-likeness (QED) is 0.821. The molecule has 0 unspecified atom stereocenters. The van der Waals surface area contributed by atoms with Gasteiger partial charge in [0.05, 0.1) is 13.1 Å². The van der Waals surface area contributed by atoms with Gasteiger partial charge < -0.3 is 9.64 Å². The van der Waals surface area contributed by atoms with Crippen LogP contribution in [0.3, 0.4) is 0 Å². The summed E-state index contributed by atoms with van der Waals surface area (Å²) in [7, 11) is 0. The number of rotatable bonds is 6. The van der Waals surface area contributed by atoms with E-state index in [0.717, 1.165) is 17.7 Å². The monoisotopic (exact) mass is 338 g/mol. The summed E-state index contributed by atoms with van der Waals surface area (Å²) in [6.45, 7) is 5.32. The van der Waals surface area contributed by atoms with Gasteiger partial charge in [0.1, 0.15) is 18.6 Å². The highest BCUT2D eigenvalue weighted by Crippen LogP contribution is 2.26. The first-order chi connectivity index (χ1) is 12.2. The van der Waals surface area contributed by atoms with Gasteiger partial charge in [0.25, 0.3) is 0 Å². The molecule has 0 amide bonds. The number of nitrogens with one attached hydrogen (secondary N) is 1. The first-order valence-electron chi connectivity index (χ1n) is 9.38. The maximum absolute atomic E-state index is 13.0. The van der Waals surface area contributed by atoms with Gasteiger partial charge in [-0.2, -0.15) is 0 Å². The molecule has 1 heterocycles. The highest BCUT2D eigenvalue weighted by molar-refractivity contribution is 5.82. The zero-order valence-corrected chi connectivity index (χ0v) is 15.0. The van der Waals surface area contributed by atoms with E-state index in [1.54, 1.807) is 4.90 Å². The molecule has 0 aromatic heterocycles. The lowest BCUT2D eigenvalue weighted by Crippen LogP contribution is -3.13. The SMILES string of the molecule is C[C@H](C[NH+]1CCCCC1)OC(=O)C(c1ccccc1)c1ccccc1. The fourth-order valence-electron chi connectivity index (χ4n) is 3.73. The summed E-state index contributed by atoms with van der Waals surface area (Å²) in [5, 5.41) is 0. The Balaban J connectivity index is 1.71. The van der Waals surface area contributed by atoms with Crippen LogP contribution in [-0.2, 0) is 9.53 Å². The van der Waals surface area contributed by atoms with E-state index in [9.17, 15) is 4.79 Å². The number of hydrogen-bond donors (Lipinski definition) is 1.